The molecular formula is C18H23FN2O2. The smallest absolute Gasteiger partial charge is 0.236 e. The molecule has 1 aromatic carbocycles. The van der Waals surface area contributed by atoms with E-state index in [2.05, 4.69) is 19.2 Å². The molecule has 0 saturated heterocycles. The average Bonchev–Trinajstić information content (AvgIpc) is 3.01. The Morgan fingerprint density at radius 1 is 1.26 bits per heavy atom. The van der Waals surface area contributed by atoms with Gasteiger partial charge in [0, 0.05) is 13.1 Å². The summed E-state index contributed by atoms with van der Waals surface area (Å²) in [5.74, 6) is 0.753. The molecule has 1 N–H and O–H groups in total. The first-order valence-corrected chi connectivity index (χ1v) is 7.72. The van der Waals surface area contributed by atoms with Gasteiger partial charge in [-0.25, -0.2) is 4.39 Å². The minimum absolute atomic E-state index is 0.00318. The molecule has 0 unspecified atom stereocenters. The van der Waals surface area contributed by atoms with Crippen molar-refractivity contribution < 1.29 is 13.6 Å². The van der Waals surface area contributed by atoms with Crippen LogP contribution in [0.5, 0.6) is 0 Å². The van der Waals surface area contributed by atoms with E-state index < -0.39 is 0 Å². The Bertz CT molecular complexity index is 608. The molecule has 0 saturated carbocycles. The van der Waals surface area contributed by atoms with Crippen LogP contribution in [-0.4, -0.2) is 24.4 Å². The van der Waals surface area contributed by atoms with E-state index in [1.165, 1.54) is 12.1 Å². The van der Waals surface area contributed by atoms with Gasteiger partial charge in [0.2, 0.25) is 5.91 Å². The zero-order valence-electron chi connectivity index (χ0n) is 13.8. The van der Waals surface area contributed by atoms with E-state index in [4.69, 9.17) is 4.42 Å². The number of likely N-dealkylation sites (N-methyl/N-ethyl adjacent to an activating group) is 1. The van der Waals surface area contributed by atoms with E-state index in [1.807, 2.05) is 6.07 Å². The highest BCUT2D eigenvalue weighted by molar-refractivity contribution is 5.77. The van der Waals surface area contributed by atoms with Crippen molar-refractivity contribution in [3.63, 3.8) is 0 Å². The molecule has 0 fully saturated rings. The minimum Gasteiger partial charge on any atom is -0.467 e. The monoisotopic (exact) mass is 318 g/mol. The molecule has 23 heavy (non-hydrogen) atoms. The molecule has 0 aliphatic heterocycles. The Labute approximate surface area is 136 Å². The van der Waals surface area contributed by atoms with Gasteiger partial charge in [-0.3, -0.25) is 4.79 Å². The van der Waals surface area contributed by atoms with Gasteiger partial charge >= 0.3 is 0 Å². The van der Waals surface area contributed by atoms with Crippen molar-refractivity contribution in [1.29, 1.82) is 0 Å². The number of amides is 1. The zero-order chi connectivity index (χ0) is 16.8. The first-order valence-electron chi connectivity index (χ1n) is 7.72. The third kappa shape index (κ3) is 4.93. The topological polar surface area (TPSA) is 45.5 Å². The summed E-state index contributed by atoms with van der Waals surface area (Å²) < 4.78 is 18.3. The summed E-state index contributed by atoms with van der Waals surface area (Å²) in [4.78, 5) is 13.9. The number of nitrogens with zero attached hydrogens (tertiary/aromatic N) is 1. The molecule has 5 heteroatoms. The third-order valence-electron chi connectivity index (χ3n) is 3.77. The largest absolute Gasteiger partial charge is 0.467 e. The number of carbonyl (C=O) groups excluding carboxylic acids is 1. The highest BCUT2D eigenvalue weighted by atomic mass is 19.1. The molecule has 2 aromatic rings. The Kier molecular flexibility index (Phi) is 5.93. The van der Waals surface area contributed by atoms with Gasteiger partial charge < -0.3 is 14.6 Å². The lowest BCUT2D eigenvalue weighted by Crippen LogP contribution is -2.38. The first-order chi connectivity index (χ1) is 11.0. The predicted octanol–water partition coefficient (Wildman–Crippen LogP) is 3.36. The highest BCUT2D eigenvalue weighted by Crippen LogP contribution is 2.21. The molecular weight excluding hydrogens is 295 g/mol. The molecule has 0 aliphatic carbocycles. The van der Waals surface area contributed by atoms with Gasteiger partial charge in [-0.1, -0.05) is 26.0 Å². The maximum Gasteiger partial charge on any atom is 0.236 e. The fourth-order valence-electron chi connectivity index (χ4n) is 2.47. The van der Waals surface area contributed by atoms with Gasteiger partial charge in [0.05, 0.1) is 19.4 Å². The van der Waals surface area contributed by atoms with Crippen molar-refractivity contribution in [3.8, 4) is 0 Å². The number of hydrogen-bond donors (Lipinski definition) is 1. The Morgan fingerprint density at radius 3 is 2.52 bits per heavy atom. The molecule has 1 amide bonds. The lowest BCUT2D eigenvalue weighted by Gasteiger charge is -2.24. The quantitative estimate of drug-likeness (QED) is 0.851. The van der Waals surface area contributed by atoms with Crippen LogP contribution in [0.25, 0.3) is 0 Å². The van der Waals surface area contributed by atoms with Crippen LogP contribution < -0.4 is 5.32 Å². The summed E-state index contributed by atoms with van der Waals surface area (Å²) in [6.07, 6.45) is 1.59. The van der Waals surface area contributed by atoms with Crippen molar-refractivity contribution in [3.05, 3.63) is 59.8 Å². The summed E-state index contributed by atoms with van der Waals surface area (Å²) in [5, 5.41) is 3.27. The van der Waals surface area contributed by atoms with Crippen molar-refractivity contribution in [2.24, 2.45) is 5.92 Å². The van der Waals surface area contributed by atoms with E-state index in [1.54, 1.807) is 36.4 Å². The van der Waals surface area contributed by atoms with E-state index in [9.17, 15) is 9.18 Å². The predicted molar refractivity (Wildman–Crippen MR) is 87.2 cm³/mol. The second kappa shape index (κ2) is 7.92. The lowest BCUT2D eigenvalue weighted by atomic mass is 9.96. The molecule has 2 rings (SSSR count). The van der Waals surface area contributed by atoms with Crippen molar-refractivity contribution in [2.45, 2.75) is 26.4 Å². The van der Waals surface area contributed by atoms with Crippen LogP contribution in [0.2, 0.25) is 0 Å². The van der Waals surface area contributed by atoms with Crippen LogP contribution in [0, 0.1) is 11.7 Å². The van der Waals surface area contributed by atoms with Crippen LogP contribution in [0.3, 0.4) is 0 Å². The molecule has 1 heterocycles. The summed E-state index contributed by atoms with van der Waals surface area (Å²) in [5.41, 5.74) is 0.975. The molecule has 0 bridgehead atoms. The summed E-state index contributed by atoms with van der Waals surface area (Å²) >= 11 is 0. The zero-order valence-corrected chi connectivity index (χ0v) is 13.8. The number of halogens is 1. The fourth-order valence-corrected chi connectivity index (χ4v) is 2.47. The van der Waals surface area contributed by atoms with Gasteiger partial charge in [0.1, 0.15) is 11.6 Å². The SMILES string of the molecule is CC(C)[C@@H](NCC(=O)N(C)Cc1ccco1)c1ccc(F)cc1. The van der Waals surface area contributed by atoms with Gasteiger partial charge in [-0.2, -0.15) is 0 Å². The molecule has 4 nitrogen and oxygen atoms in total. The summed E-state index contributed by atoms with van der Waals surface area (Å²) in [6.45, 7) is 4.80. The number of furan rings is 1. The molecule has 0 spiro atoms. The van der Waals surface area contributed by atoms with Crippen LogP contribution in [-0.2, 0) is 11.3 Å². The maximum atomic E-state index is 13.1. The molecule has 0 radical (unpaired) electrons. The van der Waals surface area contributed by atoms with Crippen LogP contribution in [0.4, 0.5) is 4.39 Å². The Balaban J connectivity index is 1.93. The van der Waals surface area contributed by atoms with Gasteiger partial charge in [-0.15, -0.1) is 0 Å². The number of carbonyl (C=O) groups is 1. The van der Waals surface area contributed by atoms with Crippen LogP contribution in [0.15, 0.2) is 47.1 Å². The van der Waals surface area contributed by atoms with Crippen LogP contribution >= 0.6 is 0 Å². The molecule has 1 atom stereocenters. The summed E-state index contributed by atoms with van der Waals surface area (Å²) in [7, 11) is 1.74. The van der Waals surface area contributed by atoms with Crippen molar-refractivity contribution >= 4 is 5.91 Å². The van der Waals surface area contributed by atoms with Gasteiger partial charge in [-0.05, 0) is 35.7 Å². The molecule has 124 valence electrons. The van der Waals surface area contributed by atoms with Crippen molar-refractivity contribution in [1.82, 2.24) is 10.2 Å². The standard InChI is InChI=1S/C18H23FN2O2/c1-13(2)18(14-6-8-15(19)9-7-14)20-11-17(22)21(3)12-16-5-4-10-23-16/h4-10,13,18,20H,11-12H2,1-3H3/t18-/m1/s1. The number of nitrogens with one attached hydrogen (secondary N) is 1. The third-order valence-corrected chi connectivity index (χ3v) is 3.77. The lowest BCUT2D eigenvalue weighted by molar-refractivity contribution is -0.129. The minimum atomic E-state index is -0.259. The second-order valence-electron chi connectivity index (χ2n) is 5.98. The number of hydrogen-bond acceptors (Lipinski definition) is 3. The van der Waals surface area contributed by atoms with Crippen molar-refractivity contribution in [2.75, 3.05) is 13.6 Å². The number of rotatable bonds is 7. The van der Waals surface area contributed by atoms with Gasteiger partial charge in [0.25, 0.3) is 0 Å². The highest BCUT2D eigenvalue weighted by Gasteiger charge is 2.18. The maximum absolute atomic E-state index is 13.1. The molecule has 1 aromatic heterocycles. The Hall–Kier alpha value is -2.14. The van der Waals surface area contributed by atoms with E-state index in [-0.39, 0.29) is 30.2 Å². The molecule has 0 aliphatic rings. The normalized spacial score (nSPS) is 12.4. The first kappa shape index (κ1) is 17.2. The average molecular weight is 318 g/mol. The second-order valence-corrected chi connectivity index (χ2v) is 5.98. The number of benzene rings is 1. The van der Waals surface area contributed by atoms with Crippen LogP contribution in [0.1, 0.15) is 31.2 Å². The fraction of sp³-hybridized carbons (Fsp3) is 0.389. The van der Waals surface area contributed by atoms with E-state index in [0.717, 1.165) is 11.3 Å². The van der Waals surface area contributed by atoms with E-state index in [0.29, 0.717) is 6.54 Å². The van der Waals surface area contributed by atoms with E-state index >= 15 is 0 Å². The Morgan fingerprint density at radius 2 is 1.96 bits per heavy atom. The summed E-state index contributed by atoms with van der Waals surface area (Å²) in [6, 6.07) is 10.0. The van der Waals surface area contributed by atoms with Gasteiger partial charge in [0.15, 0.2) is 0 Å².